The standard InChI is InChI=1S/C25H18ClN5O/c26-18-8-13-24(23(14-18)22-7-3-5-17-4-1-2-6-21(17)22)30-25(32)29-19-9-11-20(12-10-19)31-16-27-15-28-31/h1-16H,(H2,29,30,32). The van der Waals surface area contributed by atoms with Gasteiger partial charge in [-0.05, 0) is 58.8 Å². The molecule has 0 spiro atoms. The number of nitrogens with one attached hydrogen (secondary N) is 2. The Balaban J connectivity index is 1.40. The van der Waals surface area contributed by atoms with Gasteiger partial charge in [0.25, 0.3) is 0 Å². The molecule has 0 atom stereocenters. The van der Waals surface area contributed by atoms with E-state index < -0.39 is 0 Å². The number of hydrogen-bond donors (Lipinski definition) is 2. The van der Waals surface area contributed by atoms with Gasteiger partial charge in [-0.2, -0.15) is 5.10 Å². The van der Waals surface area contributed by atoms with Crippen molar-refractivity contribution in [2.75, 3.05) is 10.6 Å². The van der Waals surface area contributed by atoms with Crippen LogP contribution < -0.4 is 10.6 Å². The van der Waals surface area contributed by atoms with Crippen LogP contribution in [0, 0.1) is 0 Å². The van der Waals surface area contributed by atoms with E-state index in [1.807, 2.05) is 60.7 Å². The molecule has 156 valence electrons. The molecule has 0 radical (unpaired) electrons. The lowest BCUT2D eigenvalue weighted by molar-refractivity contribution is 0.262. The second-order valence-electron chi connectivity index (χ2n) is 7.18. The van der Waals surface area contributed by atoms with Gasteiger partial charge in [-0.1, -0.05) is 54.1 Å². The number of anilines is 2. The topological polar surface area (TPSA) is 71.8 Å². The molecule has 0 saturated heterocycles. The number of benzene rings is 4. The molecule has 6 nitrogen and oxygen atoms in total. The fraction of sp³-hybridized carbons (Fsp3) is 0. The summed E-state index contributed by atoms with van der Waals surface area (Å²) in [5.74, 6) is 0. The molecule has 0 aliphatic rings. The minimum atomic E-state index is -0.345. The van der Waals surface area contributed by atoms with E-state index in [9.17, 15) is 4.79 Å². The first kappa shape index (κ1) is 19.8. The van der Waals surface area contributed by atoms with Crippen LogP contribution in [0.1, 0.15) is 0 Å². The average Bonchev–Trinajstić information content (AvgIpc) is 3.35. The fourth-order valence-corrected chi connectivity index (χ4v) is 3.80. The number of aromatic nitrogens is 3. The first-order valence-corrected chi connectivity index (χ1v) is 10.4. The Morgan fingerprint density at radius 2 is 1.66 bits per heavy atom. The highest BCUT2D eigenvalue weighted by Gasteiger charge is 2.12. The molecule has 0 bridgehead atoms. The molecule has 2 N–H and O–H groups in total. The van der Waals surface area contributed by atoms with E-state index in [-0.39, 0.29) is 6.03 Å². The molecule has 5 rings (SSSR count). The van der Waals surface area contributed by atoms with Crippen LogP contribution in [0.25, 0.3) is 27.6 Å². The lowest BCUT2D eigenvalue weighted by atomic mass is 9.97. The number of nitrogens with zero attached hydrogens (tertiary/aromatic N) is 3. The lowest BCUT2D eigenvalue weighted by Gasteiger charge is -2.15. The number of rotatable bonds is 4. The number of carbonyl (C=O) groups excluding carboxylic acids is 1. The van der Waals surface area contributed by atoms with Crippen molar-refractivity contribution in [3.63, 3.8) is 0 Å². The SMILES string of the molecule is O=C(Nc1ccc(-n2cncn2)cc1)Nc1ccc(Cl)cc1-c1cccc2ccccc12. The highest BCUT2D eigenvalue weighted by Crippen LogP contribution is 2.35. The van der Waals surface area contributed by atoms with Crippen molar-refractivity contribution < 1.29 is 4.79 Å². The van der Waals surface area contributed by atoms with Gasteiger partial charge in [0, 0.05) is 16.3 Å². The molecule has 2 amide bonds. The molecule has 5 aromatic rings. The van der Waals surface area contributed by atoms with Crippen molar-refractivity contribution in [1.82, 2.24) is 14.8 Å². The summed E-state index contributed by atoms with van der Waals surface area (Å²) < 4.78 is 1.65. The van der Waals surface area contributed by atoms with E-state index in [4.69, 9.17) is 11.6 Å². The van der Waals surface area contributed by atoms with Crippen LogP contribution in [0.15, 0.2) is 97.6 Å². The van der Waals surface area contributed by atoms with Gasteiger partial charge in [-0.3, -0.25) is 0 Å². The zero-order chi connectivity index (χ0) is 21.9. The van der Waals surface area contributed by atoms with Crippen molar-refractivity contribution in [2.24, 2.45) is 0 Å². The monoisotopic (exact) mass is 439 g/mol. The van der Waals surface area contributed by atoms with Gasteiger partial charge in [0.15, 0.2) is 0 Å². The van der Waals surface area contributed by atoms with Gasteiger partial charge in [-0.15, -0.1) is 0 Å². The van der Waals surface area contributed by atoms with Crippen molar-refractivity contribution in [2.45, 2.75) is 0 Å². The molecular weight excluding hydrogens is 422 g/mol. The van der Waals surface area contributed by atoms with Crippen LogP contribution in [-0.4, -0.2) is 20.8 Å². The number of carbonyl (C=O) groups is 1. The maximum atomic E-state index is 12.7. The third kappa shape index (κ3) is 4.04. The predicted molar refractivity (Wildman–Crippen MR) is 128 cm³/mol. The quantitative estimate of drug-likeness (QED) is 0.341. The van der Waals surface area contributed by atoms with Crippen LogP contribution >= 0.6 is 11.6 Å². The van der Waals surface area contributed by atoms with Crippen LogP contribution in [0.3, 0.4) is 0 Å². The normalized spacial score (nSPS) is 10.8. The first-order chi connectivity index (χ1) is 15.7. The third-order valence-corrected chi connectivity index (χ3v) is 5.35. The van der Waals surface area contributed by atoms with E-state index in [0.29, 0.717) is 16.4 Å². The molecule has 0 fully saturated rings. The molecule has 32 heavy (non-hydrogen) atoms. The van der Waals surface area contributed by atoms with Gasteiger partial charge in [0.05, 0.1) is 11.4 Å². The summed E-state index contributed by atoms with van der Waals surface area (Å²) in [5, 5.41) is 12.7. The molecule has 4 aromatic carbocycles. The van der Waals surface area contributed by atoms with Gasteiger partial charge in [0.1, 0.15) is 12.7 Å². The highest BCUT2D eigenvalue weighted by atomic mass is 35.5. The molecule has 7 heteroatoms. The summed E-state index contributed by atoms with van der Waals surface area (Å²) >= 11 is 6.30. The maximum absolute atomic E-state index is 12.7. The van der Waals surface area contributed by atoms with Gasteiger partial charge in [-0.25, -0.2) is 14.5 Å². The van der Waals surface area contributed by atoms with E-state index in [0.717, 1.165) is 27.6 Å². The minimum Gasteiger partial charge on any atom is -0.308 e. The van der Waals surface area contributed by atoms with Crippen molar-refractivity contribution in [3.05, 3.63) is 103 Å². The smallest absolute Gasteiger partial charge is 0.308 e. The number of urea groups is 1. The average molecular weight is 440 g/mol. The molecule has 1 heterocycles. The Morgan fingerprint density at radius 3 is 2.47 bits per heavy atom. The second kappa shape index (κ2) is 8.53. The Labute approximate surface area is 189 Å². The van der Waals surface area contributed by atoms with Gasteiger partial charge in [0.2, 0.25) is 0 Å². The first-order valence-electron chi connectivity index (χ1n) is 9.98. The van der Waals surface area contributed by atoms with Crippen LogP contribution in [-0.2, 0) is 0 Å². The molecule has 1 aromatic heterocycles. The molecule has 0 aliphatic carbocycles. The summed E-state index contributed by atoms with van der Waals surface area (Å²) in [4.78, 5) is 16.7. The van der Waals surface area contributed by atoms with E-state index >= 15 is 0 Å². The Morgan fingerprint density at radius 1 is 0.844 bits per heavy atom. The second-order valence-corrected chi connectivity index (χ2v) is 7.62. The van der Waals surface area contributed by atoms with Crippen LogP contribution in [0.4, 0.5) is 16.2 Å². The van der Waals surface area contributed by atoms with Crippen LogP contribution in [0.5, 0.6) is 0 Å². The molecule has 0 aliphatic heterocycles. The maximum Gasteiger partial charge on any atom is 0.323 e. The van der Waals surface area contributed by atoms with E-state index in [2.05, 4.69) is 38.9 Å². The fourth-order valence-electron chi connectivity index (χ4n) is 3.63. The van der Waals surface area contributed by atoms with Gasteiger partial charge >= 0.3 is 6.03 Å². The van der Waals surface area contributed by atoms with Crippen molar-refractivity contribution in [3.8, 4) is 16.8 Å². The largest absolute Gasteiger partial charge is 0.323 e. The van der Waals surface area contributed by atoms with Crippen molar-refractivity contribution in [1.29, 1.82) is 0 Å². The number of fused-ring (bicyclic) bond motifs is 1. The van der Waals surface area contributed by atoms with E-state index in [1.165, 1.54) is 6.33 Å². The van der Waals surface area contributed by atoms with Crippen molar-refractivity contribution >= 4 is 39.8 Å². The summed E-state index contributed by atoms with van der Waals surface area (Å²) in [6.07, 6.45) is 3.09. The summed E-state index contributed by atoms with van der Waals surface area (Å²) in [6.45, 7) is 0. The zero-order valence-electron chi connectivity index (χ0n) is 16.9. The molecule has 0 saturated carbocycles. The molecule has 0 unspecified atom stereocenters. The summed E-state index contributed by atoms with van der Waals surface area (Å²) in [5.41, 5.74) is 4.03. The lowest BCUT2D eigenvalue weighted by Crippen LogP contribution is -2.19. The number of amides is 2. The Bertz CT molecular complexity index is 1390. The summed E-state index contributed by atoms with van der Waals surface area (Å²) in [6, 6.07) is 26.6. The highest BCUT2D eigenvalue weighted by molar-refractivity contribution is 6.31. The number of halogens is 1. The minimum absolute atomic E-state index is 0.345. The van der Waals surface area contributed by atoms with Gasteiger partial charge < -0.3 is 10.6 Å². The zero-order valence-corrected chi connectivity index (χ0v) is 17.6. The number of hydrogen-bond acceptors (Lipinski definition) is 3. The Hall–Kier alpha value is -4.16. The summed E-state index contributed by atoms with van der Waals surface area (Å²) in [7, 11) is 0. The third-order valence-electron chi connectivity index (χ3n) is 5.12. The van der Waals surface area contributed by atoms with E-state index in [1.54, 1.807) is 17.1 Å². The Kier molecular flexibility index (Phi) is 5.27. The predicted octanol–water partition coefficient (Wildman–Crippen LogP) is 6.38. The van der Waals surface area contributed by atoms with Crippen LogP contribution in [0.2, 0.25) is 5.02 Å². The molecular formula is C25H18ClN5O.